The summed E-state index contributed by atoms with van der Waals surface area (Å²) < 4.78 is 0. The zero-order chi connectivity index (χ0) is 21.4. The number of thiocarbonyl (C=S) groups is 1. The molecular formula is C21H23ClN4O3S. The molecule has 5 atom stereocenters. The maximum absolute atomic E-state index is 13.1. The Balaban J connectivity index is 1.62. The van der Waals surface area contributed by atoms with Gasteiger partial charge in [-0.15, -0.1) is 0 Å². The molecule has 1 aliphatic heterocycles. The summed E-state index contributed by atoms with van der Waals surface area (Å²) in [7, 11) is 0. The number of rotatable bonds is 4. The zero-order valence-corrected chi connectivity index (χ0v) is 17.9. The lowest BCUT2D eigenvalue weighted by Gasteiger charge is -2.41. The van der Waals surface area contributed by atoms with Crippen LogP contribution in [-0.2, 0) is 11.3 Å². The minimum Gasteiger partial charge on any atom is -0.390 e. The van der Waals surface area contributed by atoms with Crippen molar-refractivity contribution in [3.8, 4) is 0 Å². The maximum Gasteiger partial charge on any atom is 0.225 e. The van der Waals surface area contributed by atoms with Crippen molar-refractivity contribution < 1.29 is 15.0 Å². The van der Waals surface area contributed by atoms with Crippen molar-refractivity contribution in [1.82, 2.24) is 15.6 Å². The average molecular weight is 447 g/mol. The number of aryl methyl sites for hydroxylation is 1. The summed E-state index contributed by atoms with van der Waals surface area (Å²) >= 11 is 11.8. The number of benzene rings is 1. The SMILES string of the molecule is Cc1ccc(N2C(=S)N[C@H]3[C@@H](O)[C@H](O)C[C@@H](C(=O)NCc4cccnc4)[C@@H]32)cc1Cl. The summed E-state index contributed by atoms with van der Waals surface area (Å²) in [5, 5.41) is 28.0. The third kappa shape index (κ3) is 3.88. The molecule has 7 nitrogen and oxygen atoms in total. The molecule has 2 aromatic rings. The van der Waals surface area contributed by atoms with Crippen LogP contribution in [0.5, 0.6) is 0 Å². The van der Waals surface area contributed by atoms with Gasteiger partial charge in [0.25, 0.3) is 0 Å². The number of aliphatic hydroxyl groups is 2. The summed E-state index contributed by atoms with van der Waals surface area (Å²) in [5.41, 5.74) is 2.55. The lowest BCUT2D eigenvalue weighted by molar-refractivity contribution is -0.131. The highest BCUT2D eigenvalue weighted by Gasteiger charge is 2.53. The van der Waals surface area contributed by atoms with E-state index in [1.54, 1.807) is 24.5 Å². The molecule has 0 bridgehead atoms. The molecule has 1 aliphatic carbocycles. The van der Waals surface area contributed by atoms with E-state index < -0.39 is 30.2 Å². The lowest BCUT2D eigenvalue weighted by atomic mass is 9.77. The number of aliphatic hydroxyl groups excluding tert-OH is 2. The highest BCUT2D eigenvalue weighted by atomic mass is 35.5. The fourth-order valence-electron chi connectivity index (χ4n) is 4.20. The van der Waals surface area contributed by atoms with Crippen molar-refractivity contribution in [3.05, 3.63) is 58.9 Å². The number of nitrogens with one attached hydrogen (secondary N) is 2. The van der Waals surface area contributed by atoms with Crippen LogP contribution < -0.4 is 15.5 Å². The fourth-order valence-corrected chi connectivity index (χ4v) is 4.73. The van der Waals surface area contributed by atoms with E-state index in [1.807, 2.05) is 30.0 Å². The van der Waals surface area contributed by atoms with Crippen LogP contribution in [-0.4, -0.2) is 50.5 Å². The van der Waals surface area contributed by atoms with E-state index in [4.69, 9.17) is 23.8 Å². The standard InChI is InChI=1S/C21H23ClN4O3S/c1-11-4-5-13(7-15(11)22)26-18-14(8-16(27)19(28)17(18)25-21(26)30)20(29)24-10-12-3-2-6-23-9-12/h2-7,9,14,16-19,27-28H,8,10H2,1H3,(H,24,29)(H,25,30)/t14-,16-,17-,18+,19+/m1/s1. The Hall–Kier alpha value is -2.26. The second-order valence-electron chi connectivity index (χ2n) is 7.75. The summed E-state index contributed by atoms with van der Waals surface area (Å²) in [6.07, 6.45) is 1.42. The van der Waals surface area contributed by atoms with E-state index in [-0.39, 0.29) is 12.3 Å². The van der Waals surface area contributed by atoms with Crippen molar-refractivity contribution in [1.29, 1.82) is 0 Å². The quantitative estimate of drug-likeness (QED) is 0.529. The van der Waals surface area contributed by atoms with E-state index in [2.05, 4.69) is 15.6 Å². The molecule has 4 rings (SSSR count). The first kappa shape index (κ1) is 21.0. The number of fused-ring (bicyclic) bond motifs is 1. The molecule has 0 spiro atoms. The number of hydrogen-bond acceptors (Lipinski definition) is 5. The largest absolute Gasteiger partial charge is 0.390 e. The van der Waals surface area contributed by atoms with Crippen LogP contribution in [0.2, 0.25) is 5.02 Å². The van der Waals surface area contributed by atoms with E-state index in [0.717, 1.165) is 16.8 Å². The van der Waals surface area contributed by atoms with Gasteiger partial charge in [-0.3, -0.25) is 9.78 Å². The third-order valence-corrected chi connectivity index (χ3v) is 6.53. The van der Waals surface area contributed by atoms with Gasteiger partial charge in [0.2, 0.25) is 5.91 Å². The normalized spacial score (nSPS) is 28.1. The Labute approximate surface area is 185 Å². The number of amides is 1. The number of nitrogens with zero attached hydrogens (tertiary/aromatic N) is 2. The number of aromatic nitrogens is 1. The Kier molecular flexibility index (Phi) is 5.92. The van der Waals surface area contributed by atoms with Crippen LogP contribution >= 0.6 is 23.8 Å². The molecule has 1 saturated heterocycles. The Morgan fingerprint density at radius 1 is 1.40 bits per heavy atom. The highest BCUT2D eigenvalue weighted by molar-refractivity contribution is 7.80. The molecular weight excluding hydrogens is 424 g/mol. The molecule has 1 saturated carbocycles. The van der Waals surface area contributed by atoms with Crippen molar-refractivity contribution in [2.75, 3.05) is 4.90 Å². The summed E-state index contributed by atoms with van der Waals surface area (Å²) in [5.74, 6) is -0.799. The number of hydrogen-bond donors (Lipinski definition) is 4. The molecule has 4 N–H and O–H groups in total. The summed E-state index contributed by atoms with van der Waals surface area (Å²) in [6, 6.07) is 8.23. The Morgan fingerprint density at radius 3 is 2.90 bits per heavy atom. The lowest BCUT2D eigenvalue weighted by Crippen LogP contribution is -2.60. The second kappa shape index (κ2) is 8.47. The van der Waals surface area contributed by atoms with Crippen molar-refractivity contribution in [3.63, 3.8) is 0 Å². The van der Waals surface area contributed by atoms with E-state index >= 15 is 0 Å². The average Bonchev–Trinajstić information content (AvgIpc) is 3.09. The molecule has 9 heteroatoms. The second-order valence-corrected chi connectivity index (χ2v) is 8.54. The number of carbonyl (C=O) groups excluding carboxylic acids is 1. The van der Waals surface area contributed by atoms with Crippen LogP contribution in [0.25, 0.3) is 0 Å². The summed E-state index contributed by atoms with van der Waals surface area (Å²) in [6.45, 7) is 2.23. The van der Waals surface area contributed by atoms with E-state index in [9.17, 15) is 15.0 Å². The van der Waals surface area contributed by atoms with Gasteiger partial charge in [-0.2, -0.15) is 0 Å². The zero-order valence-electron chi connectivity index (χ0n) is 16.3. The topological polar surface area (TPSA) is 97.7 Å². The first-order valence-corrected chi connectivity index (χ1v) is 10.5. The van der Waals surface area contributed by atoms with Gasteiger partial charge >= 0.3 is 0 Å². The van der Waals surface area contributed by atoms with E-state index in [1.165, 1.54) is 0 Å². The number of pyridine rings is 1. The monoisotopic (exact) mass is 446 g/mol. The third-order valence-electron chi connectivity index (χ3n) is 5.80. The number of anilines is 1. The van der Waals surface area contributed by atoms with Crippen LogP contribution in [0.15, 0.2) is 42.7 Å². The van der Waals surface area contributed by atoms with Gasteiger partial charge in [-0.25, -0.2) is 0 Å². The van der Waals surface area contributed by atoms with Crippen LogP contribution in [0.3, 0.4) is 0 Å². The molecule has 2 heterocycles. The van der Waals surface area contributed by atoms with Gasteiger partial charge < -0.3 is 25.7 Å². The molecule has 0 unspecified atom stereocenters. The van der Waals surface area contributed by atoms with Crippen molar-refractivity contribution in [2.45, 2.75) is 44.2 Å². The Morgan fingerprint density at radius 2 is 2.20 bits per heavy atom. The van der Waals surface area contributed by atoms with Gasteiger partial charge in [-0.1, -0.05) is 23.7 Å². The van der Waals surface area contributed by atoms with Crippen molar-refractivity contribution >= 4 is 40.5 Å². The minimum absolute atomic E-state index is 0.127. The first-order valence-electron chi connectivity index (χ1n) is 9.75. The van der Waals surface area contributed by atoms with Crippen LogP contribution in [0, 0.1) is 12.8 Å². The Bertz CT molecular complexity index is 961. The van der Waals surface area contributed by atoms with E-state index in [0.29, 0.717) is 16.7 Å². The van der Waals surface area contributed by atoms with Gasteiger partial charge in [0, 0.05) is 29.6 Å². The molecule has 1 aromatic heterocycles. The maximum atomic E-state index is 13.1. The molecule has 2 fully saturated rings. The molecule has 0 radical (unpaired) electrons. The predicted octanol–water partition coefficient (Wildman–Crippen LogP) is 1.53. The van der Waals surface area contributed by atoms with Crippen LogP contribution in [0.4, 0.5) is 5.69 Å². The number of halogens is 1. The summed E-state index contributed by atoms with van der Waals surface area (Å²) in [4.78, 5) is 19.0. The smallest absolute Gasteiger partial charge is 0.225 e. The molecule has 1 amide bonds. The van der Waals surface area contributed by atoms with Crippen LogP contribution in [0.1, 0.15) is 17.5 Å². The molecule has 1 aromatic carbocycles. The molecule has 2 aliphatic rings. The highest BCUT2D eigenvalue weighted by Crippen LogP contribution is 2.37. The molecule has 158 valence electrons. The van der Waals surface area contributed by atoms with Gasteiger partial charge in [0.15, 0.2) is 5.11 Å². The van der Waals surface area contributed by atoms with Gasteiger partial charge in [0.1, 0.15) is 6.10 Å². The van der Waals surface area contributed by atoms with Gasteiger partial charge in [0.05, 0.1) is 24.1 Å². The predicted molar refractivity (Wildman–Crippen MR) is 118 cm³/mol. The molecule has 30 heavy (non-hydrogen) atoms. The first-order chi connectivity index (χ1) is 14.4. The number of carbonyl (C=O) groups is 1. The fraction of sp³-hybridized carbons (Fsp3) is 0.381. The minimum atomic E-state index is -1.04. The van der Waals surface area contributed by atoms with Gasteiger partial charge in [-0.05, 0) is 54.9 Å². The van der Waals surface area contributed by atoms with Crippen molar-refractivity contribution in [2.24, 2.45) is 5.92 Å².